The summed E-state index contributed by atoms with van der Waals surface area (Å²) in [6, 6.07) is 6.28. The maximum Gasteiger partial charge on any atom is 0.167 e. The monoisotopic (exact) mass is 172 g/mol. The van der Waals surface area contributed by atoms with Crippen LogP contribution in [-0.2, 0) is 5.41 Å². The van der Waals surface area contributed by atoms with Gasteiger partial charge in [0.15, 0.2) is 5.78 Å². The predicted molar refractivity (Wildman–Crippen MR) is 51.0 cm³/mol. The molecule has 2 aliphatic rings. The number of carbonyl (C=O) groups excluding carboxylic acids is 1. The van der Waals surface area contributed by atoms with Crippen LogP contribution in [0.3, 0.4) is 0 Å². The van der Waals surface area contributed by atoms with Gasteiger partial charge in [0.1, 0.15) is 0 Å². The summed E-state index contributed by atoms with van der Waals surface area (Å²) in [5.74, 6) is 0.686. The number of hydrogen-bond donors (Lipinski definition) is 0. The quantitative estimate of drug-likeness (QED) is 0.587. The molecule has 1 nitrogen and oxygen atoms in total. The average Bonchev–Trinajstić information content (AvgIpc) is 2.72. The molecule has 1 aromatic rings. The third-order valence-corrected chi connectivity index (χ3v) is 3.61. The summed E-state index contributed by atoms with van der Waals surface area (Å²) in [7, 11) is 0. The molecule has 3 rings (SSSR count). The van der Waals surface area contributed by atoms with Gasteiger partial charge in [-0.1, -0.05) is 24.6 Å². The first kappa shape index (κ1) is 7.31. The van der Waals surface area contributed by atoms with Gasteiger partial charge in [0.25, 0.3) is 0 Å². The fourth-order valence-electron chi connectivity index (χ4n) is 2.59. The fraction of sp³-hybridized carbons (Fsp3) is 0.417. The van der Waals surface area contributed by atoms with E-state index in [4.69, 9.17) is 0 Å². The van der Waals surface area contributed by atoms with Crippen molar-refractivity contribution in [3.05, 3.63) is 34.9 Å². The summed E-state index contributed by atoms with van der Waals surface area (Å²) in [5, 5.41) is 0. The van der Waals surface area contributed by atoms with E-state index in [1.807, 2.05) is 13.0 Å². The minimum Gasteiger partial charge on any atom is -0.294 e. The molecule has 66 valence electrons. The molecule has 0 heterocycles. The Morgan fingerprint density at radius 2 is 2.23 bits per heavy atom. The van der Waals surface area contributed by atoms with Crippen LogP contribution in [0.1, 0.15) is 34.8 Å². The molecular weight excluding hydrogens is 160 g/mol. The zero-order valence-electron chi connectivity index (χ0n) is 7.92. The van der Waals surface area contributed by atoms with Gasteiger partial charge in [0.2, 0.25) is 0 Å². The van der Waals surface area contributed by atoms with Crippen molar-refractivity contribution in [1.29, 1.82) is 0 Å². The molecule has 0 spiro atoms. The number of carbonyl (C=O) groups is 1. The highest BCUT2D eigenvalue weighted by atomic mass is 16.1. The van der Waals surface area contributed by atoms with Crippen LogP contribution < -0.4 is 0 Å². The van der Waals surface area contributed by atoms with Gasteiger partial charge in [-0.15, -0.1) is 0 Å². The van der Waals surface area contributed by atoms with Gasteiger partial charge in [-0.25, -0.2) is 0 Å². The van der Waals surface area contributed by atoms with Crippen molar-refractivity contribution in [2.45, 2.75) is 25.7 Å². The Morgan fingerprint density at radius 3 is 3.00 bits per heavy atom. The van der Waals surface area contributed by atoms with Gasteiger partial charge in [-0.3, -0.25) is 4.79 Å². The maximum absolute atomic E-state index is 11.8. The van der Waals surface area contributed by atoms with Crippen LogP contribution in [0.5, 0.6) is 0 Å². The van der Waals surface area contributed by atoms with Crippen LogP contribution in [0.2, 0.25) is 0 Å². The Balaban J connectivity index is 2.29. The summed E-state index contributed by atoms with van der Waals surface area (Å²) in [5.41, 5.74) is 3.67. The van der Waals surface area contributed by atoms with E-state index in [0.29, 0.717) is 11.7 Å². The summed E-state index contributed by atoms with van der Waals surface area (Å²) < 4.78 is 0. The number of benzene rings is 1. The smallest absolute Gasteiger partial charge is 0.167 e. The van der Waals surface area contributed by atoms with Crippen molar-refractivity contribution in [2.75, 3.05) is 0 Å². The molecule has 0 radical (unpaired) electrons. The first-order valence-corrected chi connectivity index (χ1v) is 4.78. The molecular formula is C12H12O. The second-order valence-corrected chi connectivity index (χ2v) is 4.59. The normalized spacial score (nSPS) is 34.3. The highest BCUT2D eigenvalue weighted by Gasteiger charge is 2.61. The molecule has 0 amide bonds. The first-order valence-electron chi connectivity index (χ1n) is 4.78. The van der Waals surface area contributed by atoms with Crippen molar-refractivity contribution in [2.24, 2.45) is 5.92 Å². The van der Waals surface area contributed by atoms with E-state index in [1.165, 1.54) is 11.1 Å². The minimum absolute atomic E-state index is 0.208. The standard InChI is InChI=1S/C12H12O/c1-7-3-4-9-8(5-7)11(13)10-6-12(9,10)2/h3-5,10H,6H2,1-2H3/t10-,12+/m0/s1. The van der Waals surface area contributed by atoms with Gasteiger partial charge in [-0.05, 0) is 25.0 Å². The molecule has 1 fully saturated rings. The van der Waals surface area contributed by atoms with Crippen molar-refractivity contribution in [3.63, 3.8) is 0 Å². The van der Waals surface area contributed by atoms with Crippen LogP contribution >= 0.6 is 0 Å². The van der Waals surface area contributed by atoms with Crippen molar-refractivity contribution >= 4 is 5.78 Å². The van der Waals surface area contributed by atoms with Gasteiger partial charge in [-0.2, -0.15) is 0 Å². The van der Waals surface area contributed by atoms with Crippen molar-refractivity contribution in [1.82, 2.24) is 0 Å². The minimum atomic E-state index is 0.208. The zero-order chi connectivity index (χ0) is 9.22. The average molecular weight is 172 g/mol. The number of aryl methyl sites for hydroxylation is 1. The molecule has 0 bridgehead atoms. The number of fused-ring (bicyclic) bond motifs is 3. The number of hydrogen-bond acceptors (Lipinski definition) is 1. The van der Waals surface area contributed by atoms with E-state index in [2.05, 4.69) is 19.1 Å². The molecule has 2 atom stereocenters. The Bertz CT molecular complexity index is 419. The molecule has 13 heavy (non-hydrogen) atoms. The molecule has 1 heteroatoms. The molecule has 2 aliphatic carbocycles. The number of Topliss-reactive ketones (excluding diaryl/α,β-unsaturated/α-hetero) is 1. The molecule has 0 saturated heterocycles. The van der Waals surface area contributed by atoms with Crippen LogP contribution in [-0.4, -0.2) is 5.78 Å². The lowest BCUT2D eigenvalue weighted by Gasteiger charge is -2.07. The summed E-state index contributed by atoms with van der Waals surface area (Å²) in [6.45, 7) is 4.25. The zero-order valence-corrected chi connectivity index (χ0v) is 7.92. The van der Waals surface area contributed by atoms with E-state index >= 15 is 0 Å². The largest absolute Gasteiger partial charge is 0.294 e. The second kappa shape index (κ2) is 1.87. The molecule has 1 aromatic carbocycles. The highest BCUT2D eigenvalue weighted by molar-refractivity contribution is 6.07. The van der Waals surface area contributed by atoms with E-state index in [0.717, 1.165) is 12.0 Å². The van der Waals surface area contributed by atoms with E-state index in [-0.39, 0.29) is 5.41 Å². The second-order valence-electron chi connectivity index (χ2n) is 4.59. The van der Waals surface area contributed by atoms with E-state index < -0.39 is 0 Å². The fourth-order valence-corrected chi connectivity index (χ4v) is 2.59. The van der Waals surface area contributed by atoms with Crippen LogP contribution in [0.25, 0.3) is 0 Å². The predicted octanol–water partition coefficient (Wildman–Crippen LogP) is 2.47. The lowest BCUT2D eigenvalue weighted by atomic mass is 9.96. The highest BCUT2D eigenvalue weighted by Crippen LogP contribution is 2.61. The van der Waals surface area contributed by atoms with Crippen LogP contribution in [0.15, 0.2) is 18.2 Å². The molecule has 0 unspecified atom stereocenters. The molecule has 0 N–H and O–H groups in total. The Morgan fingerprint density at radius 1 is 1.46 bits per heavy atom. The lowest BCUT2D eigenvalue weighted by Crippen LogP contribution is -1.99. The van der Waals surface area contributed by atoms with Gasteiger partial charge >= 0.3 is 0 Å². The SMILES string of the molecule is Cc1ccc2c(c1)C(=O)[C@@H]1C[C@]21C. The first-order chi connectivity index (χ1) is 6.13. The summed E-state index contributed by atoms with van der Waals surface area (Å²) in [4.78, 5) is 11.8. The van der Waals surface area contributed by atoms with Crippen molar-refractivity contribution in [3.8, 4) is 0 Å². The van der Waals surface area contributed by atoms with E-state index in [9.17, 15) is 4.79 Å². The van der Waals surface area contributed by atoms with Crippen molar-refractivity contribution < 1.29 is 4.79 Å². The third kappa shape index (κ3) is 0.707. The topological polar surface area (TPSA) is 17.1 Å². The van der Waals surface area contributed by atoms with Gasteiger partial charge in [0.05, 0.1) is 0 Å². The Labute approximate surface area is 77.8 Å². The third-order valence-electron chi connectivity index (χ3n) is 3.61. The number of ketones is 1. The van der Waals surface area contributed by atoms with E-state index in [1.54, 1.807) is 0 Å². The van der Waals surface area contributed by atoms with Gasteiger partial charge in [0, 0.05) is 16.9 Å². The maximum atomic E-state index is 11.8. The molecule has 0 aromatic heterocycles. The Kier molecular flexibility index (Phi) is 1.05. The molecule has 1 saturated carbocycles. The van der Waals surface area contributed by atoms with Gasteiger partial charge < -0.3 is 0 Å². The summed E-state index contributed by atoms with van der Waals surface area (Å²) in [6.07, 6.45) is 1.07. The summed E-state index contributed by atoms with van der Waals surface area (Å²) >= 11 is 0. The van der Waals surface area contributed by atoms with Crippen LogP contribution in [0, 0.1) is 12.8 Å². The number of rotatable bonds is 0. The molecule has 0 aliphatic heterocycles. The lowest BCUT2D eigenvalue weighted by molar-refractivity contribution is 0.0971. The Hall–Kier alpha value is -1.11. The van der Waals surface area contributed by atoms with Crippen LogP contribution in [0.4, 0.5) is 0 Å².